The van der Waals surface area contributed by atoms with Crippen molar-refractivity contribution in [3.05, 3.63) is 114 Å². The van der Waals surface area contributed by atoms with Crippen molar-refractivity contribution in [1.29, 1.82) is 0 Å². The summed E-state index contributed by atoms with van der Waals surface area (Å²) in [6.45, 7) is 0. The van der Waals surface area contributed by atoms with Crippen LogP contribution in [-0.4, -0.2) is 24.9 Å². The third-order valence-corrected chi connectivity index (χ3v) is 5.55. The number of nitrogens with zero attached hydrogens (tertiary/aromatic N) is 3. The molecule has 0 radical (unpaired) electrons. The number of hydrogen-bond donors (Lipinski definition) is 2. The average molecular weight is 546 g/mol. The number of aromatic amines is 2. The van der Waals surface area contributed by atoms with E-state index in [-0.39, 0.29) is 20.4 Å². The van der Waals surface area contributed by atoms with Gasteiger partial charge < -0.3 is 9.97 Å². The van der Waals surface area contributed by atoms with Gasteiger partial charge in [-0.05, 0) is 85.0 Å². The van der Waals surface area contributed by atoms with E-state index in [1.165, 1.54) is 5.39 Å². The Hall–Kier alpha value is -4.11. The second-order valence-corrected chi connectivity index (χ2v) is 8.10. The first kappa shape index (κ1) is 22.7. The third-order valence-electron chi connectivity index (χ3n) is 5.55. The van der Waals surface area contributed by atoms with Crippen molar-refractivity contribution in [1.82, 2.24) is 24.9 Å². The molecule has 0 atom stereocenters. The molecule has 0 unspecified atom stereocenters. The molecule has 0 saturated heterocycles. The maximum atomic E-state index is 4.63. The molecule has 0 amide bonds. The summed E-state index contributed by atoms with van der Waals surface area (Å²) in [6.07, 6.45) is 9.90. The molecule has 1 aromatic carbocycles. The molecule has 0 spiro atoms. The van der Waals surface area contributed by atoms with Crippen molar-refractivity contribution in [2.45, 2.75) is 0 Å². The van der Waals surface area contributed by atoms with Crippen LogP contribution in [0.3, 0.4) is 0 Å². The molecule has 0 saturated carbocycles. The summed E-state index contributed by atoms with van der Waals surface area (Å²) in [4.78, 5) is 20.2. The van der Waals surface area contributed by atoms with Gasteiger partial charge in [-0.25, -0.2) is 9.97 Å². The van der Waals surface area contributed by atoms with Crippen LogP contribution in [0.5, 0.6) is 0 Å². The summed E-state index contributed by atoms with van der Waals surface area (Å²) in [5.74, 6) is 0. The fourth-order valence-corrected chi connectivity index (χ4v) is 3.96. The molecule has 2 aliphatic heterocycles. The molecule has 2 aliphatic rings. The van der Waals surface area contributed by atoms with Crippen molar-refractivity contribution in [2.75, 3.05) is 0 Å². The van der Waals surface area contributed by atoms with Crippen LogP contribution in [0.1, 0.15) is 22.8 Å². The zero-order valence-electron chi connectivity index (χ0n) is 18.6. The number of benzene rings is 1. The molecule has 2 N–H and O–H groups in total. The van der Waals surface area contributed by atoms with Gasteiger partial charge in [-0.3, -0.25) is 4.98 Å². The number of fused-ring (bicyclic) bond motifs is 9. The molecule has 5 nitrogen and oxygen atoms in total. The van der Waals surface area contributed by atoms with Crippen molar-refractivity contribution in [3.8, 4) is 0 Å². The Morgan fingerprint density at radius 1 is 0.486 bits per heavy atom. The van der Waals surface area contributed by atoms with Gasteiger partial charge in [-0.2, -0.15) is 0 Å². The predicted octanol–water partition coefficient (Wildman–Crippen LogP) is 6.89. The Morgan fingerprint density at radius 3 is 1.37 bits per heavy atom. The summed E-state index contributed by atoms with van der Waals surface area (Å²) < 4.78 is 0. The van der Waals surface area contributed by atoms with Gasteiger partial charge in [-0.15, -0.1) is 0 Å². The minimum atomic E-state index is 0. The number of aromatic nitrogens is 5. The monoisotopic (exact) mass is 545 g/mol. The van der Waals surface area contributed by atoms with Crippen LogP contribution in [0, 0.1) is 0 Å². The number of pyridine rings is 1. The third kappa shape index (κ3) is 5.36. The van der Waals surface area contributed by atoms with E-state index in [0.717, 1.165) is 50.4 Å². The second-order valence-electron chi connectivity index (χ2n) is 8.10. The molecule has 8 bridgehead atoms. The summed E-state index contributed by atoms with van der Waals surface area (Å²) in [7, 11) is 0. The van der Waals surface area contributed by atoms with Gasteiger partial charge in [0.15, 0.2) is 0 Å². The van der Waals surface area contributed by atoms with Crippen molar-refractivity contribution in [2.24, 2.45) is 0 Å². The first-order chi connectivity index (χ1) is 16.8. The molecule has 5 aromatic rings. The molecule has 6 heteroatoms. The molecule has 6 heterocycles. The Balaban J connectivity index is 0.000000194. The van der Waals surface area contributed by atoms with Crippen molar-refractivity contribution < 1.29 is 20.4 Å². The molecular formula is C29H21N5Pd. The minimum absolute atomic E-state index is 0. The van der Waals surface area contributed by atoms with Gasteiger partial charge >= 0.3 is 0 Å². The maximum Gasteiger partial charge on any atom is 0.0701 e. The number of hydrogen-bond acceptors (Lipinski definition) is 3. The number of H-pyrrole nitrogens is 2. The van der Waals surface area contributed by atoms with Crippen LogP contribution in [-0.2, 0) is 20.4 Å². The Kier molecular flexibility index (Phi) is 6.49. The number of nitrogens with one attached hydrogen (secondary N) is 2. The van der Waals surface area contributed by atoms with E-state index in [0.29, 0.717) is 0 Å². The van der Waals surface area contributed by atoms with E-state index in [2.05, 4.69) is 61.3 Å². The molecule has 0 aliphatic carbocycles. The molecular weight excluding hydrogens is 525 g/mol. The van der Waals surface area contributed by atoms with Crippen molar-refractivity contribution in [3.63, 3.8) is 0 Å². The maximum absolute atomic E-state index is 4.63. The van der Waals surface area contributed by atoms with Gasteiger partial charge in [0, 0.05) is 54.1 Å². The second kappa shape index (κ2) is 10.0. The predicted molar refractivity (Wildman–Crippen MR) is 141 cm³/mol. The van der Waals surface area contributed by atoms with Crippen LogP contribution in [0.4, 0.5) is 0 Å². The van der Waals surface area contributed by atoms with Crippen molar-refractivity contribution >= 4 is 57.3 Å². The Bertz CT molecular complexity index is 1490. The van der Waals surface area contributed by atoms with Crippen LogP contribution >= 0.6 is 0 Å². The van der Waals surface area contributed by atoms with Gasteiger partial charge in [-0.1, -0.05) is 24.3 Å². The first-order valence-electron chi connectivity index (χ1n) is 11.1. The number of rotatable bonds is 0. The quantitative estimate of drug-likeness (QED) is 0.204. The molecule has 0 fully saturated rings. The molecule has 7 rings (SSSR count). The van der Waals surface area contributed by atoms with Crippen LogP contribution in [0.25, 0.3) is 57.3 Å². The van der Waals surface area contributed by atoms with Crippen LogP contribution in [0.2, 0.25) is 0 Å². The van der Waals surface area contributed by atoms with E-state index in [9.17, 15) is 0 Å². The Labute approximate surface area is 216 Å². The van der Waals surface area contributed by atoms with Gasteiger partial charge in [0.1, 0.15) is 0 Å². The SMILES string of the molecule is C1=Cc2cc3ccc(cc4nc(cc5ccc(cc1n2)[nH]5)C=C4)[nH]3.[Pd].c1ccc2ncccc2c1. The van der Waals surface area contributed by atoms with Crippen LogP contribution in [0.15, 0.2) is 91.1 Å². The van der Waals surface area contributed by atoms with Gasteiger partial charge in [0.25, 0.3) is 0 Å². The summed E-state index contributed by atoms with van der Waals surface area (Å²) in [5, 5.41) is 1.20. The van der Waals surface area contributed by atoms with E-state index in [1.54, 1.807) is 0 Å². The average Bonchev–Trinajstić information content (AvgIpc) is 3.66. The molecule has 4 aromatic heterocycles. The first-order valence-corrected chi connectivity index (χ1v) is 11.1. The standard InChI is InChI=1S/C20H14N4.C9H7N.Pd/c1-2-14-10-16-5-6-18(23-16)12-20-8-7-19(24-20)11-17-4-3-15(22-17)9-13(1)21-14;1-2-6-9-8(4-1)5-3-7-10-9;/h1-12,21,24H;1-7H;. The summed E-state index contributed by atoms with van der Waals surface area (Å²) >= 11 is 0. The van der Waals surface area contributed by atoms with Crippen LogP contribution < -0.4 is 0 Å². The molecule has 35 heavy (non-hydrogen) atoms. The van der Waals surface area contributed by atoms with E-state index in [4.69, 9.17) is 0 Å². The van der Waals surface area contributed by atoms with Gasteiger partial charge in [0.05, 0.1) is 28.3 Å². The fraction of sp³-hybridized carbons (Fsp3) is 0. The van der Waals surface area contributed by atoms with Gasteiger partial charge in [0.2, 0.25) is 0 Å². The summed E-state index contributed by atoms with van der Waals surface area (Å²) in [6, 6.07) is 28.4. The smallest absolute Gasteiger partial charge is 0.0701 e. The number of para-hydroxylation sites is 1. The largest absolute Gasteiger partial charge is 0.355 e. The summed E-state index contributed by atoms with van der Waals surface area (Å²) in [5.41, 5.74) is 8.92. The zero-order valence-corrected chi connectivity index (χ0v) is 20.2. The zero-order chi connectivity index (χ0) is 22.7. The molecule has 172 valence electrons. The normalized spacial score (nSPS) is 11.5. The fourth-order valence-electron chi connectivity index (χ4n) is 3.96. The van der Waals surface area contributed by atoms with E-state index >= 15 is 0 Å². The Morgan fingerprint density at radius 2 is 0.914 bits per heavy atom. The van der Waals surface area contributed by atoms with E-state index < -0.39 is 0 Å². The topological polar surface area (TPSA) is 70.2 Å². The van der Waals surface area contributed by atoms with E-state index in [1.807, 2.05) is 79.0 Å². The minimum Gasteiger partial charge on any atom is -0.355 e.